The van der Waals surface area contributed by atoms with Crippen LogP contribution in [0.2, 0.25) is 0 Å². The minimum atomic E-state index is -0.351. The fourth-order valence-corrected chi connectivity index (χ4v) is 2.88. The van der Waals surface area contributed by atoms with Crippen LogP contribution in [0.1, 0.15) is 38.8 Å². The van der Waals surface area contributed by atoms with Gasteiger partial charge in [0, 0.05) is 6.42 Å². The SMILES string of the molecule is COc1ccc(B2OC(C)(C)C(C)(C)O2)cc1Cc1ccccc1. The Balaban J connectivity index is 1.90. The largest absolute Gasteiger partial charge is 0.496 e. The summed E-state index contributed by atoms with van der Waals surface area (Å²) in [5.74, 6) is 0.888. The summed E-state index contributed by atoms with van der Waals surface area (Å²) in [6.07, 6.45) is 0.817. The van der Waals surface area contributed by atoms with Crippen LogP contribution < -0.4 is 10.2 Å². The Morgan fingerprint density at radius 2 is 1.54 bits per heavy atom. The minimum Gasteiger partial charge on any atom is -0.496 e. The molecule has 0 atom stereocenters. The Bertz CT molecular complexity index is 694. The van der Waals surface area contributed by atoms with E-state index in [4.69, 9.17) is 14.0 Å². The number of methoxy groups -OCH3 is 1. The van der Waals surface area contributed by atoms with Crippen molar-refractivity contribution in [2.75, 3.05) is 7.11 Å². The van der Waals surface area contributed by atoms with Crippen LogP contribution in [0.25, 0.3) is 0 Å². The van der Waals surface area contributed by atoms with Gasteiger partial charge in [0.1, 0.15) is 5.75 Å². The monoisotopic (exact) mass is 324 g/mol. The van der Waals surface area contributed by atoms with Gasteiger partial charge in [0.05, 0.1) is 18.3 Å². The first-order chi connectivity index (χ1) is 11.3. The van der Waals surface area contributed by atoms with Gasteiger partial charge in [0.15, 0.2) is 0 Å². The van der Waals surface area contributed by atoms with Gasteiger partial charge in [0.2, 0.25) is 0 Å². The summed E-state index contributed by atoms with van der Waals surface area (Å²) >= 11 is 0. The number of hydrogen-bond acceptors (Lipinski definition) is 3. The molecule has 1 aliphatic rings. The second kappa shape index (κ2) is 6.27. The first-order valence-corrected chi connectivity index (χ1v) is 8.39. The van der Waals surface area contributed by atoms with E-state index in [2.05, 4.69) is 58.0 Å². The molecule has 1 aliphatic heterocycles. The lowest BCUT2D eigenvalue weighted by Gasteiger charge is -2.32. The molecule has 0 amide bonds. The van der Waals surface area contributed by atoms with Crippen LogP contribution in [0.15, 0.2) is 48.5 Å². The zero-order chi connectivity index (χ0) is 17.4. The first-order valence-electron chi connectivity index (χ1n) is 8.39. The van der Waals surface area contributed by atoms with Gasteiger partial charge in [-0.3, -0.25) is 0 Å². The minimum absolute atomic E-state index is 0.336. The fraction of sp³-hybridized carbons (Fsp3) is 0.400. The molecule has 0 saturated carbocycles. The topological polar surface area (TPSA) is 27.7 Å². The number of hydrogen-bond donors (Lipinski definition) is 0. The van der Waals surface area contributed by atoms with Crippen LogP contribution >= 0.6 is 0 Å². The molecule has 1 saturated heterocycles. The summed E-state index contributed by atoms with van der Waals surface area (Å²) in [5.41, 5.74) is 2.74. The summed E-state index contributed by atoms with van der Waals surface area (Å²) in [7, 11) is 1.36. The summed E-state index contributed by atoms with van der Waals surface area (Å²) in [5, 5.41) is 0. The maximum atomic E-state index is 6.17. The van der Waals surface area contributed by atoms with Crippen molar-refractivity contribution in [2.45, 2.75) is 45.3 Å². The van der Waals surface area contributed by atoms with E-state index >= 15 is 0 Å². The van der Waals surface area contributed by atoms with E-state index in [-0.39, 0.29) is 18.3 Å². The maximum absolute atomic E-state index is 6.17. The zero-order valence-electron chi connectivity index (χ0n) is 15.1. The summed E-state index contributed by atoms with van der Waals surface area (Å²) in [6.45, 7) is 8.28. The first kappa shape index (κ1) is 17.1. The molecule has 0 radical (unpaired) electrons. The van der Waals surface area contributed by atoms with Gasteiger partial charge >= 0.3 is 7.12 Å². The standard InChI is InChI=1S/C20H25BO3/c1-19(2)20(3,4)24-21(23-19)17-11-12-18(22-5)16(14-17)13-15-9-7-6-8-10-15/h6-12,14H,13H2,1-5H3. The van der Waals surface area contributed by atoms with Gasteiger partial charge in [0.25, 0.3) is 0 Å². The van der Waals surface area contributed by atoms with E-state index in [0.717, 1.165) is 23.2 Å². The summed E-state index contributed by atoms with van der Waals surface area (Å²) in [4.78, 5) is 0. The molecule has 126 valence electrons. The number of benzene rings is 2. The Morgan fingerprint density at radius 3 is 2.12 bits per heavy atom. The van der Waals surface area contributed by atoms with Crippen LogP contribution in [0.5, 0.6) is 5.75 Å². The van der Waals surface area contributed by atoms with Gasteiger partial charge in [-0.2, -0.15) is 0 Å². The quantitative estimate of drug-likeness (QED) is 0.805. The van der Waals surface area contributed by atoms with Crippen molar-refractivity contribution in [1.29, 1.82) is 0 Å². The van der Waals surface area contributed by atoms with Crippen LogP contribution in [0.3, 0.4) is 0 Å². The van der Waals surface area contributed by atoms with Crippen molar-refractivity contribution in [2.24, 2.45) is 0 Å². The highest BCUT2D eigenvalue weighted by Crippen LogP contribution is 2.36. The average Bonchev–Trinajstić information content (AvgIpc) is 2.76. The van der Waals surface area contributed by atoms with Gasteiger partial charge in [-0.25, -0.2) is 0 Å². The van der Waals surface area contributed by atoms with E-state index < -0.39 is 0 Å². The molecule has 2 aromatic rings. The van der Waals surface area contributed by atoms with E-state index in [1.54, 1.807) is 7.11 Å². The zero-order valence-corrected chi connectivity index (χ0v) is 15.1. The lowest BCUT2D eigenvalue weighted by molar-refractivity contribution is 0.00578. The van der Waals surface area contributed by atoms with E-state index in [0.29, 0.717) is 0 Å². The molecule has 1 fully saturated rings. The molecular formula is C20H25BO3. The summed E-state index contributed by atoms with van der Waals surface area (Å²) < 4.78 is 17.9. The van der Waals surface area contributed by atoms with Gasteiger partial charge in [-0.05, 0) is 50.4 Å². The van der Waals surface area contributed by atoms with Crippen LogP contribution in [0.4, 0.5) is 0 Å². The van der Waals surface area contributed by atoms with Gasteiger partial charge < -0.3 is 14.0 Å². The maximum Gasteiger partial charge on any atom is 0.494 e. The molecule has 0 aliphatic carbocycles. The fourth-order valence-electron chi connectivity index (χ4n) is 2.88. The predicted molar refractivity (Wildman–Crippen MR) is 98.0 cm³/mol. The molecule has 3 nitrogen and oxygen atoms in total. The van der Waals surface area contributed by atoms with Crippen molar-refractivity contribution in [3.63, 3.8) is 0 Å². The predicted octanol–water partition coefficient (Wildman–Crippen LogP) is 3.59. The molecule has 0 aromatic heterocycles. The molecule has 2 aromatic carbocycles. The summed E-state index contributed by atoms with van der Waals surface area (Å²) in [6, 6.07) is 16.5. The van der Waals surface area contributed by atoms with Crippen molar-refractivity contribution >= 4 is 12.6 Å². The van der Waals surface area contributed by atoms with Crippen molar-refractivity contribution < 1.29 is 14.0 Å². The second-order valence-electron chi connectivity index (χ2n) is 7.32. The van der Waals surface area contributed by atoms with E-state index in [9.17, 15) is 0 Å². The van der Waals surface area contributed by atoms with Crippen LogP contribution in [0, 0.1) is 0 Å². The average molecular weight is 324 g/mol. The van der Waals surface area contributed by atoms with Crippen LogP contribution in [-0.2, 0) is 15.7 Å². The normalized spacial score (nSPS) is 18.6. The molecule has 0 spiro atoms. The van der Waals surface area contributed by atoms with Crippen molar-refractivity contribution in [3.8, 4) is 5.75 Å². The number of ether oxygens (including phenoxy) is 1. The Labute approximate surface area is 145 Å². The lowest BCUT2D eigenvalue weighted by atomic mass is 9.78. The molecule has 0 unspecified atom stereocenters. The molecule has 4 heteroatoms. The van der Waals surface area contributed by atoms with E-state index in [1.807, 2.05) is 18.2 Å². The van der Waals surface area contributed by atoms with Crippen molar-refractivity contribution in [1.82, 2.24) is 0 Å². The molecule has 0 N–H and O–H groups in total. The third kappa shape index (κ3) is 3.21. The second-order valence-corrected chi connectivity index (χ2v) is 7.32. The van der Waals surface area contributed by atoms with Crippen molar-refractivity contribution in [3.05, 3.63) is 59.7 Å². The highest BCUT2D eigenvalue weighted by atomic mass is 16.7. The third-order valence-corrected chi connectivity index (χ3v) is 5.07. The molecule has 1 heterocycles. The third-order valence-electron chi connectivity index (χ3n) is 5.07. The highest BCUT2D eigenvalue weighted by Gasteiger charge is 2.51. The molecule has 24 heavy (non-hydrogen) atoms. The van der Waals surface area contributed by atoms with Crippen LogP contribution in [-0.4, -0.2) is 25.4 Å². The Morgan fingerprint density at radius 1 is 0.917 bits per heavy atom. The van der Waals surface area contributed by atoms with Gasteiger partial charge in [-0.15, -0.1) is 0 Å². The van der Waals surface area contributed by atoms with Gasteiger partial charge in [-0.1, -0.05) is 42.5 Å². The smallest absolute Gasteiger partial charge is 0.494 e. The number of rotatable bonds is 4. The molecule has 0 bridgehead atoms. The molecule has 3 rings (SSSR count). The molecular weight excluding hydrogens is 299 g/mol. The Kier molecular flexibility index (Phi) is 4.45. The van der Waals surface area contributed by atoms with E-state index in [1.165, 1.54) is 5.56 Å². The lowest BCUT2D eigenvalue weighted by Crippen LogP contribution is -2.41. The Hall–Kier alpha value is -1.78. The highest BCUT2D eigenvalue weighted by molar-refractivity contribution is 6.62.